The maximum atomic E-state index is 9.91. The van der Waals surface area contributed by atoms with Gasteiger partial charge >= 0.3 is 0 Å². The van der Waals surface area contributed by atoms with Gasteiger partial charge in [-0.2, -0.15) is 0 Å². The number of nitrogens with one attached hydrogen (secondary N) is 2. The van der Waals surface area contributed by atoms with Gasteiger partial charge in [0.2, 0.25) is 0 Å². The van der Waals surface area contributed by atoms with Gasteiger partial charge in [-0.05, 0) is 37.3 Å². The van der Waals surface area contributed by atoms with Crippen LogP contribution in [0.3, 0.4) is 0 Å². The molecule has 3 rings (SSSR count). The lowest BCUT2D eigenvalue weighted by Crippen LogP contribution is -2.44. The van der Waals surface area contributed by atoms with E-state index in [1.165, 1.54) is 11.0 Å². The van der Waals surface area contributed by atoms with E-state index in [1.54, 1.807) is 43.3 Å². The molecule has 0 radical (unpaired) electrons. The smallest absolute Gasteiger partial charge is 0.156 e. The topological polar surface area (TPSA) is 110 Å². The van der Waals surface area contributed by atoms with Crippen LogP contribution >= 0.6 is 11.6 Å². The van der Waals surface area contributed by atoms with Crippen LogP contribution in [-0.4, -0.2) is 28.7 Å². The maximum absolute atomic E-state index is 9.91. The summed E-state index contributed by atoms with van der Waals surface area (Å²) >= 11 is 5.95. The van der Waals surface area contributed by atoms with Gasteiger partial charge in [0.15, 0.2) is 6.17 Å². The minimum Gasteiger partial charge on any atom is -0.508 e. The third-order valence-electron chi connectivity index (χ3n) is 3.72. The predicted molar refractivity (Wildman–Crippen MR) is 96.8 cm³/mol. The lowest BCUT2D eigenvalue weighted by atomic mass is 10.00. The van der Waals surface area contributed by atoms with Crippen LogP contribution in [0.15, 0.2) is 47.5 Å². The molecular weight excluding hydrogens is 326 g/mol. The molecule has 122 valence electrons. The minimum absolute atomic E-state index is 0.00148. The quantitative estimate of drug-likeness (QED) is 0.472. The Morgan fingerprint density at radius 2 is 1.92 bits per heavy atom. The molecule has 2 aromatic rings. The molecule has 0 aromatic heterocycles. The molecule has 6 nitrogen and oxygen atoms in total. The number of fused-ring (bicyclic) bond motifs is 1. The first kappa shape index (κ1) is 16.2. The summed E-state index contributed by atoms with van der Waals surface area (Å²) in [7, 11) is 0. The lowest BCUT2D eigenvalue weighted by molar-refractivity contribution is 0.475. The molecule has 1 heterocycles. The zero-order chi connectivity index (χ0) is 17.4. The first-order valence-electron chi connectivity index (χ1n) is 7.25. The van der Waals surface area contributed by atoms with Gasteiger partial charge in [-0.3, -0.25) is 20.7 Å². The fourth-order valence-corrected chi connectivity index (χ4v) is 2.77. The molecule has 0 saturated carbocycles. The third-order valence-corrected chi connectivity index (χ3v) is 3.97. The first-order valence-corrected chi connectivity index (χ1v) is 7.62. The lowest BCUT2D eigenvalue weighted by Gasteiger charge is -2.25. The second-order valence-corrected chi connectivity index (χ2v) is 5.87. The zero-order valence-corrected chi connectivity index (χ0v) is 13.7. The van der Waals surface area contributed by atoms with Crippen LogP contribution in [0.2, 0.25) is 5.02 Å². The van der Waals surface area contributed by atoms with Gasteiger partial charge in [-0.1, -0.05) is 23.7 Å². The molecule has 7 heteroatoms. The molecule has 0 aliphatic carbocycles. The SMILES string of the molecule is CC(=N)N1C(=N)C(N)N=C(c2ccc(Cl)cc2)c2cc(O)ccc21. The molecule has 1 aliphatic rings. The largest absolute Gasteiger partial charge is 0.508 e. The van der Waals surface area contributed by atoms with Gasteiger partial charge in [0, 0.05) is 16.1 Å². The van der Waals surface area contributed by atoms with Crippen molar-refractivity contribution in [3.8, 4) is 5.75 Å². The first-order chi connectivity index (χ1) is 11.4. The normalized spacial score (nSPS) is 17.1. The van der Waals surface area contributed by atoms with E-state index < -0.39 is 6.17 Å². The second kappa shape index (κ2) is 6.07. The number of hydrogen-bond donors (Lipinski definition) is 4. The average Bonchev–Trinajstić information content (AvgIpc) is 2.64. The Kier molecular flexibility index (Phi) is 4.09. The van der Waals surface area contributed by atoms with Crippen LogP contribution in [0.4, 0.5) is 5.69 Å². The molecular formula is C17H16ClN5O. The monoisotopic (exact) mass is 341 g/mol. The molecule has 1 aliphatic heterocycles. The van der Waals surface area contributed by atoms with E-state index in [4.69, 9.17) is 28.2 Å². The van der Waals surface area contributed by atoms with E-state index >= 15 is 0 Å². The Labute approximate surface area is 144 Å². The van der Waals surface area contributed by atoms with Gasteiger partial charge < -0.3 is 10.8 Å². The summed E-state index contributed by atoms with van der Waals surface area (Å²) in [6.45, 7) is 1.57. The fourth-order valence-electron chi connectivity index (χ4n) is 2.64. The van der Waals surface area contributed by atoms with E-state index in [2.05, 4.69) is 4.99 Å². The van der Waals surface area contributed by atoms with Crippen molar-refractivity contribution in [2.24, 2.45) is 10.7 Å². The highest BCUT2D eigenvalue weighted by molar-refractivity contribution is 6.31. The number of aliphatic imine (C=N–C) groups is 1. The van der Waals surface area contributed by atoms with E-state index in [-0.39, 0.29) is 17.4 Å². The number of anilines is 1. The number of aromatic hydroxyl groups is 1. The number of phenolic OH excluding ortho intramolecular Hbond substituents is 1. The maximum Gasteiger partial charge on any atom is 0.156 e. The number of hydrogen-bond acceptors (Lipinski definition) is 5. The highest BCUT2D eigenvalue weighted by Crippen LogP contribution is 2.31. The average molecular weight is 342 g/mol. The molecule has 0 bridgehead atoms. The van der Waals surface area contributed by atoms with Crippen molar-refractivity contribution >= 4 is 34.7 Å². The number of benzene rings is 2. The van der Waals surface area contributed by atoms with Crippen LogP contribution in [0.5, 0.6) is 5.75 Å². The van der Waals surface area contributed by atoms with Crippen LogP contribution in [0.25, 0.3) is 0 Å². The molecule has 0 fully saturated rings. The number of nitrogens with two attached hydrogens (primary N) is 1. The van der Waals surface area contributed by atoms with Crippen molar-refractivity contribution in [2.75, 3.05) is 4.90 Å². The summed E-state index contributed by atoms with van der Waals surface area (Å²) in [6.07, 6.45) is -0.925. The van der Waals surface area contributed by atoms with E-state index in [1.807, 2.05) is 0 Å². The van der Waals surface area contributed by atoms with Crippen molar-refractivity contribution in [3.05, 3.63) is 58.6 Å². The Bertz CT molecular complexity index is 860. The van der Waals surface area contributed by atoms with E-state index in [9.17, 15) is 5.11 Å². The number of rotatable bonds is 1. The van der Waals surface area contributed by atoms with Crippen molar-refractivity contribution in [1.82, 2.24) is 0 Å². The van der Waals surface area contributed by atoms with Gasteiger partial charge in [-0.25, -0.2) is 0 Å². The van der Waals surface area contributed by atoms with Crippen molar-refractivity contribution in [2.45, 2.75) is 13.1 Å². The minimum atomic E-state index is -0.925. The summed E-state index contributed by atoms with van der Waals surface area (Å²) in [5.74, 6) is 0.216. The Morgan fingerprint density at radius 3 is 2.54 bits per heavy atom. The third kappa shape index (κ3) is 2.77. The van der Waals surface area contributed by atoms with Gasteiger partial charge in [0.05, 0.1) is 11.4 Å². The summed E-state index contributed by atoms with van der Waals surface area (Å²) < 4.78 is 0. The number of phenols is 1. The highest BCUT2D eigenvalue weighted by Gasteiger charge is 2.29. The van der Waals surface area contributed by atoms with Crippen molar-refractivity contribution in [3.63, 3.8) is 0 Å². The number of halogens is 1. The Hall–Kier alpha value is -2.70. The van der Waals surface area contributed by atoms with E-state index in [0.29, 0.717) is 22.0 Å². The Morgan fingerprint density at radius 1 is 1.25 bits per heavy atom. The van der Waals surface area contributed by atoms with Gasteiger partial charge in [0.1, 0.15) is 17.4 Å². The van der Waals surface area contributed by atoms with Crippen LogP contribution < -0.4 is 10.6 Å². The molecule has 0 saturated heterocycles. The van der Waals surface area contributed by atoms with Crippen LogP contribution in [-0.2, 0) is 0 Å². The second-order valence-electron chi connectivity index (χ2n) is 5.44. The zero-order valence-electron chi connectivity index (χ0n) is 12.9. The summed E-state index contributed by atoms with van der Waals surface area (Å²) in [6, 6.07) is 11.8. The number of benzodiazepines with no additional fused rings is 1. The molecule has 0 amide bonds. The van der Waals surface area contributed by atoms with Crippen LogP contribution in [0.1, 0.15) is 18.1 Å². The molecule has 0 spiro atoms. The van der Waals surface area contributed by atoms with Gasteiger partial charge in [-0.15, -0.1) is 0 Å². The molecule has 1 unspecified atom stereocenters. The fraction of sp³-hybridized carbons (Fsp3) is 0.118. The number of amidine groups is 2. The predicted octanol–water partition coefficient (Wildman–Crippen LogP) is 2.96. The van der Waals surface area contributed by atoms with Crippen molar-refractivity contribution in [1.29, 1.82) is 10.8 Å². The van der Waals surface area contributed by atoms with Gasteiger partial charge in [0.25, 0.3) is 0 Å². The summed E-state index contributed by atoms with van der Waals surface area (Å²) in [5, 5.41) is 26.8. The molecule has 2 aromatic carbocycles. The summed E-state index contributed by atoms with van der Waals surface area (Å²) in [5.41, 5.74) is 8.52. The van der Waals surface area contributed by atoms with E-state index in [0.717, 1.165) is 5.56 Å². The molecule has 5 N–H and O–H groups in total. The number of nitrogens with zero attached hydrogens (tertiary/aromatic N) is 2. The standard InChI is InChI=1S/C17H16ClN5O/c1-9(19)23-14-7-6-12(24)8-13(14)15(22-16(20)17(23)21)10-2-4-11(18)5-3-10/h2-8,16,19,21,24H,20H2,1H3. The molecule has 1 atom stereocenters. The van der Waals surface area contributed by atoms with Crippen LogP contribution in [0, 0.1) is 10.8 Å². The summed E-state index contributed by atoms with van der Waals surface area (Å²) in [4.78, 5) is 5.87. The molecule has 24 heavy (non-hydrogen) atoms. The van der Waals surface area contributed by atoms with Crippen molar-refractivity contribution < 1.29 is 5.11 Å². The highest BCUT2D eigenvalue weighted by atomic mass is 35.5. The Balaban J connectivity index is 2.28.